The highest BCUT2D eigenvalue weighted by molar-refractivity contribution is 7.99. The SMILES string of the molecule is CCOc1ccc(-c2nnc(SCC(=O)Nc3ccc4c(c3)OCO4)n2N)cc1. The molecule has 1 aromatic heterocycles. The van der Waals surface area contributed by atoms with Gasteiger partial charge >= 0.3 is 0 Å². The van der Waals surface area contributed by atoms with Gasteiger partial charge in [-0.3, -0.25) is 4.79 Å². The first-order valence-corrected chi connectivity index (χ1v) is 9.88. The molecule has 3 aromatic rings. The van der Waals surface area contributed by atoms with E-state index in [1.165, 1.54) is 16.4 Å². The minimum atomic E-state index is -0.195. The van der Waals surface area contributed by atoms with E-state index in [0.717, 1.165) is 11.3 Å². The summed E-state index contributed by atoms with van der Waals surface area (Å²) in [6.45, 7) is 2.71. The van der Waals surface area contributed by atoms with E-state index in [1.807, 2.05) is 31.2 Å². The molecule has 0 atom stereocenters. The van der Waals surface area contributed by atoms with Crippen LogP contribution in [-0.2, 0) is 4.79 Å². The standard InChI is InChI=1S/C19H19N5O4S/c1-2-26-14-6-3-12(4-7-14)18-22-23-19(24(18)20)29-10-17(25)21-13-5-8-15-16(9-13)28-11-27-15/h3-9H,2,10-11,20H2,1H3,(H,21,25). The number of aromatic nitrogens is 3. The van der Waals surface area contributed by atoms with E-state index < -0.39 is 0 Å². The zero-order chi connectivity index (χ0) is 20.2. The molecular formula is C19H19N5O4S. The fourth-order valence-electron chi connectivity index (χ4n) is 2.74. The Balaban J connectivity index is 1.37. The molecule has 29 heavy (non-hydrogen) atoms. The van der Waals surface area contributed by atoms with Crippen molar-refractivity contribution in [3.05, 3.63) is 42.5 Å². The van der Waals surface area contributed by atoms with Crippen molar-refractivity contribution in [2.45, 2.75) is 12.1 Å². The fraction of sp³-hybridized carbons (Fsp3) is 0.211. The lowest BCUT2D eigenvalue weighted by atomic mass is 10.2. The van der Waals surface area contributed by atoms with Gasteiger partial charge in [0.1, 0.15) is 5.75 Å². The van der Waals surface area contributed by atoms with Crippen molar-refractivity contribution in [2.75, 3.05) is 30.3 Å². The normalized spacial score (nSPS) is 12.0. The van der Waals surface area contributed by atoms with Gasteiger partial charge in [-0.05, 0) is 43.3 Å². The third-order valence-corrected chi connectivity index (χ3v) is 5.02. The zero-order valence-corrected chi connectivity index (χ0v) is 16.4. The summed E-state index contributed by atoms with van der Waals surface area (Å²) >= 11 is 1.20. The van der Waals surface area contributed by atoms with Gasteiger partial charge in [-0.2, -0.15) is 0 Å². The Kier molecular flexibility index (Phi) is 5.43. The molecule has 1 amide bonds. The molecule has 10 heteroatoms. The largest absolute Gasteiger partial charge is 0.494 e. The molecule has 0 saturated heterocycles. The third kappa shape index (κ3) is 4.21. The summed E-state index contributed by atoms with van der Waals surface area (Å²) in [6, 6.07) is 12.6. The molecule has 150 valence electrons. The maximum absolute atomic E-state index is 12.3. The molecule has 0 spiro atoms. The maximum Gasteiger partial charge on any atom is 0.234 e. The fourth-order valence-corrected chi connectivity index (χ4v) is 3.40. The van der Waals surface area contributed by atoms with Crippen LogP contribution in [0.25, 0.3) is 11.4 Å². The molecule has 0 radical (unpaired) electrons. The van der Waals surface area contributed by atoms with Gasteiger partial charge in [0.15, 0.2) is 17.3 Å². The lowest BCUT2D eigenvalue weighted by Crippen LogP contribution is -2.16. The molecule has 0 aliphatic carbocycles. The highest BCUT2D eigenvalue weighted by Crippen LogP contribution is 2.34. The predicted octanol–water partition coefficient (Wildman–Crippen LogP) is 2.52. The van der Waals surface area contributed by atoms with Gasteiger partial charge in [-0.1, -0.05) is 11.8 Å². The minimum Gasteiger partial charge on any atom is -0.494 e. The number of rotatable bonds is 7. The van der Waals surface area contributed by atoms with E-state index in [4.69, 9.17) is 20.1 Å². The van der Waals surface area contributed by atoms with Crippen LogP contribution in [0.15, 0.2) is 47.6 Å². The van der Waals surface area contributed by atoms with Gasteiger partial charge in [0.2, 0.25) is 17.9 Å². The number of thioether (sulfide) groups is 1. The first-order valence-electron chi connectivity index (χ1n) is 8.90. The van der Waals surface area contributed by atoms with Crippen LogP contribution in [0, 0.1) is 0 Å². The molecule has 2 aromatic carbocycles. The number of amides is 1. The summed E-state index contributed by atoms with van der Waals surface area (Å²) in [5.41, 5.74) is 1.43. The number of fused-ring (bicyclic) bond motifs is 1. The predicted molar refractivity (Wildman–Crippen MR) is 109 cm³/mol. The van der Waals surface area contributed by atoms with Crippen LogP contribution in [0.2, 0.25) is 0 Å². The van der Waals surface area contributed by atoms with Crippen molar-refractivity contribution in [3.8, 4) is 28.6 Å². The van der Waals surface area contributed by atoms with Crippen molar-refractivity contribution in [3.63, 3.8) is 0 Å². The van der Waals surface area contributed by atoms with Crippen LogP contribution >= 0.6 is 11.8 Å². The summed E-state index contributed by atoms with van der Waals surface area (Å²) in [6.07, 6.45) is 0. The first-order chi connectivity index (χ1) is 14.1. The lowest BCUT2D eigenvalue weighted by molar-refractivity contribution is -0.113. The number of nitrogen functional groups attached to an aromatic ring is 1. The summed E-state index contributed by atoms with van der Waals surface area (Å²) in [5.74, 6) is 8.60. The quantitative estimate of drug-likeness (QED) is 0.449. The van der Waals surface area contributed by atoms with E-state index in [-0.39, 0.29) is 18.5 Å². The van der Waals surface area contributed by atoms with Crippen LogP contribution in [0.1, 0.15) is 6.92 Å². The summed E-state index contributed by atoms with van der Waals surface area (Å²) in [4.78, 5) is 12.3. The van der Waals surface area contributed by atoms with Gasteiger partial charge in [-0.25, -0.2) is 4.68 Å². The zero-order valence-electron chi connectivity index (χ0n) is 15.6. The van der Waals surface area contributed by atoms with E-state index in [0.29, 0.717) is 34.8 Å². The number of nitrogens with zero attached hydrogens (tertiary/aromatic N) is 3. The monoisotopic (exact) mass is 413 g/mol. The highest BCUT2D eigenvalue weighted by Gasteiger charge is 2.16. The Morgan fingerprint density at radius 3 is 2.79 bits per heavy atom. The molecule has 1 aliphatic rings. The van der Waals surface area contributed by atoms with E-state index >= 15 is 0 Å². The van der Waals surface area contributed by atoms with Gasteiger partial charge in [-0.15, -0.1) is 10.2 Å². The third-order valence-electron chi connectivity index (χ3n) is 4.08. The number of hydrogen-bond donors (Lipinski definition) is 2. The molecule has 2 heterocycles. The Hall–Kier alpha value is -3.40. The number of hydrogen-bond acceptors (Lipinski definition) is 8. The summed E-state index contributed by atoms with van der Waals surface area (Å²) in [5, 5.41) is 11.5. The number of anilines is 1. The second-order valence-electron chi connectivity index (χ2n) is 6.04. The molecular weight excluding hydrogens is 394 g/mol. The van der Waals surface area contributed by atoms with E-state index in [2.05, 4.69) is 15.5 Å². The average Bonchev–Trinajstić information content (AvgIpc) is 3.33. The topological polar surface area (TPSA) is 114 Å². The molecule has 0 saturated carbocycles. The van der Waals surface area contributed by atoms with Crippen molar-refractivity contribution in [1.82, 2.24) is 14.9 Å². The number of carbonyl (C=O) groups excluding carboxylic acids is 1. The van der Waals surface area contributed by atoms with Gasteiger partial charge in [0.25, 0.3) is 0 Å². The Labute approximate surface area is 171 Å². The Morgan fingerprint density at radius 1 is 1.21 bits per heavy atom. The molecule has 9 nitrogen and oxygen atoms in total. The van der Waals surface area contributed by atoms with Crippen molar-refractivity contribution >= 4 is 23.4 Å². The van der Waals surface area contributed by atoms with E-state index in [9.17, 15) is 4.79 Å². The second kappa shape index (κ2) is 8.31. The number of benzene rings is 2. The number of nitrogens with two attached hydrogens (primary N) is 1. The van der Waals surface area contributed by atoms with Gasteiger partial charge in [0, 0.05) is 17.3 Å². The second-order valence-corrected chi connectivity index (χ2v) is 6.98. The molecule has 3 N–H and O–H groups in total. The Morgan fingerprint density at radius 2 is 2.00 bits per heavy atom. The van der Waals surface area contributed by atoms with Crippen LogP contribution in [0.5, 0.6) is 17.2 Å². The molecule has 0 fully saturated rings. The van der Waals surface area contributed by atoms with Gasteiger partial charge < -0.3 is 25.4 Å². The average molecular weight is 413 g/mol. The van der Waals surface area contributed by atoms with Crippen molar-refractivity contribution < 1.29 is 19.0 Å². The highest BCUT2D eigenvalue weighted by atomic mass is 32.2. The molecule has 0 bridgehead atoms. The lowest BCUT2D eigenvalue weighted by Gasteiger charge is -2.07. The number of carbonyl (C=O) groups is 1. The van der Waals surface area contributed by atoms with Crippen molar-refractivity contribution in [2.24, 2.45) is 0 Å². The summed E-state index contributed by atoms with van der Waals surface area (Å²) < 4.78 is 17.4. The first kappa shape index (κ1) is 18.9. The van der Waals surface area contributed by atoms with Crippen molar-refractivity contribution in [1.29, 1.82) is 0 Å². The van der Waals surface area contributed by atoms with Crippen LogP contribution in [-0.4, -0.2) is 39.9 Å². The number of nitrogens with one attached hydrogen (secondary N) is 1. The van der Waals surface area contributed by atoms with Gasteiger partial charge in [0.05, 0.1) is 12.4 Å². The molecule has 0 unspecified atom stereocenters. The molecule has 4 rings (SSSR count). The maximum atomic E-state index is 12.3. The molecule has 1 aliphatic heterocycles. The van der Waals surface area contributed by atoms with E-state index in [1.54, 1.807) is 18.2 Å². The van der Waals surface area contributed by atoms with Crippen LogP contribution < -0.4 is 25.4 Å². The summed E-state index contributed by atoms with van der Waals surface area (Å²) in [7, 11) is 0. The van der Waals surface area contributed by atoms with Crippen LogP contribution in [0.4, 0.5) is 5.69 Å². The smallest absolute Gasteiger partial charge is 0.234 e. The minimum absolute atomic E-state index is 0.132. The number of ether oxygens (including phenoxy) is 3. The Bertz CT molecular complexity index is 1020. The van der Waals surface area contributed by atoms with Crippen LogP contribution in [0.3, 0.4) is 0 Å².